The van der Waals surface area contributed by atoms with Crippen molar-refractivity contribution in [1.82, 2.24) is 0 Å². The number of hydrogen-bond donors (Lipinski definition) is 0. The van der Waals surface area contributed by atoms with Gasteiger partial charge in [-0.3, -0.25) is 14.4 Å². The van der Waals surface area contributed by atoms with Gasteiger partial charge in [-0.2, -0.15) is 0 Å². The normalized spacial score (nSPS) is 12.8. The molecule has 0 bridgehead atoms. The van der Waals surface area contributed by atoms with Crippen molar-refractivity contribution in [3.05, 3.63) is 109 Å². The van der Waals surface area contributed by atoms with Crippen LogP contribution in [0.1, 0.15) is 316 Å². The summed E-state index contributed by atoms with van der Waals surface area (Å²) in [6.07, 6.45) is 91.1. The van der Waals surface area contributed by atoms with E-state index in [0.29, 0.717) is 19.3 Å². The summed E-state index contributed by atoms with van der Waals surface area (Å²) in [5.41, 5.74) is 0. The summed E-state index contributed by atoms with van der Waals surface area (Å²) < 4.78 is 16.9. The van der Waals surface area contributed by atoms with E-state index in [-0.39, 0.29) is 37.5 Å². The first-order valence-corrected chi connectivity index (χ1v) is 33.4. The molecule has 0 aromatic carbocycles. The monoisotopic (exact) mass is 1100 g/mol. The third-order valence-corrected chi connectivity index (χ3v) is 14.3. The third-order valence-electron chi connectivity index (χ3n) is 14.3. The van der Waals surface area contributed by atoms with Crippen molar-refractivity contribution in [3.8, 4) is 0 Å². The Kier molecular flexibility index (Phi) is 63.3. The molecule has 0 aliphatic carbocycles. The third kappa shape index (κ3) is 64.8. The Morgan fingerprint density at radius 2 is 0.506 bits per heavy atom. The molecule has 0 N–H and O–H groups in total. The lowest BCUT2D eigenvalue weighted by Crippen LogP contribution is -2.30. The highest BCUT2D eigenvalue weighted by Gasteiger charge is 2.19. The van der Waals surface area contributed by atoms with E-state index in [4.69, 9.17) is 14.2 Å². The van der Waals surface area contributed by atoms with Crippen LogP contribution in [0.5, 0.6) is 0 Å². The molecular formula is C73H124O6. The quantitative estimate of drug-likeness (QED) is 0.0261. The number of unbranched alkanes of at least 4 members (excludes halogenated alkanes) is 31. The summed E-state index contributed by atoms with van der Waals surface area (Å²) in [5.74, 6) is -0.965. The second kappa shape index (κ2) is 66.6. The standard InChI is InChI=1S/C73H124O6/c1-4-7-10-13-16-19-22-25-28-30-32-34-36-38-40-42-45-48-51-54-57-60-63-66-72(75)78-69-70(68-77-71(74)65-62-59-56-53-50-47-44-27-24-21-18-15-12-9-6-3)79-73(76)67-64-61-58-55-52-49-46-43-41-39-37-35-33-31-29-26-23-20-17-14-11-8-5-2/h7,10,16,18-19,21,25,27-28,32,34,38,40,44-45,48,54,57,70H,4-6,8-9,11-15,17,20,22-24,26,29-31,33,35-37,39,41-43,46-47,49-53,55-56,58-69H2,1-3H3/b10-7-,19-16-,21-18-,28-25-,34-32-,40-38-,44-27-,48-45-,57-54-. The van der Waals surface area contributed by atoms with E-state index in [9.17, 15) is 14.4 Å². The minimum Gasteiger partial charge on any atom is -0.462 e. The Balaban J connectivity index is 4.44. The summed E-state index contributed by atoms with van der Waals surface area (Å²) in [6.45, 7) is 6.47. The highest BCUT2D eigenvalue weighted by Crippen LogP contribution is 2.17. The Morgan fingerprint density at radius 3 is 0.848 bits per heavy atom. The van der Waals surface area contributed by atoms with Crippen LogP contribution < -0.4 is 0 Å². The SMILES string of the molecule is CC/C=C\C/C=C\C/C=C\C/C=C\C/C=C\C/C=C\C/C=C\CCCC(=O)OCC(COC(=O)CCCCCCC/C=C\C/C=C\CCCCC)OC(=O)CCCCCCCCCCCCCCCCCCCCCCCCC. The smallest absolute Gasteiger partial charge is 0.306 e. The molecule has 0 saturated carbocycles. The molecule has 79 heavy (non-hydrogen) atoms. The van der Waals surface area contributed by atoms with Gasteiger partial charge in [-0.25, -0.2) is 0 Å². The molecule has 0 rings (SSSR count). The zero-order valence-electron chi connectivity index (χ0n) is 51.9. The zero-order chi connectivity index (χ0) is 57.1. The van der Waals surface area contributed by atoms with Gasteiger partial charge in [-0.05, 0) is 103 Å². The Labute approximate surface area is 489 Å². The maximum absolute atomic E-state index is 12.9. The first-order chi connectivity index (χ1) is 39.0. The molecule has 1 atom stereocenters. The molecular weight excluding hydrogens is 973 g/mol. The largest absolute Gasteiger partial charge is 0.462 e. The van der Waals surface area contributed by atoms with Crippen molar-refractivity contribution in [1.29, 1.82) is 0 Å². The van der Waals surface area contributed by atoms with Crippen LogP contribution in [0.25, 0.3) is 0 Å². The van der Waals surface area contributed by atoms with Crippen LogP contribution in [-0.2, 0) is 28.6 Å². The lowest BCUT2D eigenvalue weighted by atomic mass is 10.0. The summed E-state index contributed by atoms with van der Waals surface area (Å²) in [6, 6.07) is 0. The second-order valence-electron chi connectivity index (χ2n) is 22.0. The van der Waals surface area contributed by atoms with Crippen molar-refractivity contribution in [3.63, 3.8) is 0 Å². The minimum atomic E-state index is -0.809. The van der Waals surface area contributed by atoms with Gasteiger partial charge in [0, 0.05) is 19.3 Å². The van der Waals surface area contributed by atoms with E-state index < -0.39 is 6.10 Å². The van der Waals surface area contributed by atoms with Gasteiger partial charge < -0.3 is 14.2 Å². The predicted octanol–water partition coefficient (Wildman–Crippen LogP) is 23.0. The van der Waals surface area contributed by atoms with Crippen molar-refractivity contribution >= 4 is 17.9 Å². The molecule has 6 nitrogen and oxygen atoms in total. The maximum Gasteiger partial charge on any atom is 0.306 e. The first-order valence-electron chi connectivity index (χ1n) is 33.4. The molecule has 0 saturated heterocycles. The summed E-state index contributed by atoms with van der Waals surface area (Å²) >= 11 is 0. The van der Waals surface area contributed by atoms with Gasteiger partial charge in [0.1, 0.15) is 13.2 Å². The number of esters is 3. The van der Waals surface area contributed by atoms with Gasteiger partial charge in [0.2, 0.25) is 0 Å². The van der Waals surface area contributed by atoms with Crippen LogP contribution in [0.3, 0.4) is 0 Å². The van der Waals surface area contributed by atoms with Crippen LogP contribution in [0.4, 0.5) is 0 Å². The van der Waals surface area contributed by atoms with E-state index in [1.807, 2.05) is 0 Å². The van der Waals surface area contributed by atoms with Gasteiger partial charge in [0.15, 0.2) is 6.10 Å². The van der Waals surface area contributed by atoms with Gasteiger partial charge in [0.25, 0.3) is 0 Å². The fourth-order valence-corrected chi connectivity index (χ4v) is 9.29. The lowest BCUT2D eigenvalue weighted by molar-refractivity contribution is -0.167. The number of carbonyl (C=O) groups excluding carboxylic acids is 3. The molecule has 0 aliphatic rings. The summed E-state index contributed by atoms with van der Waals surface area (Å²) in [5, 5.41) is 0. The number of carbonyl (C=O) groups is 3. The molecule has 0 spiro atoms. The van der Waals surface area contributed by atoms with Gasteiger partial charge in [0.05, 0.1) is 0 Å². The molecule has 1 unspecified atom stereocenters. The van der Waals surface area contributed by atoms with Crippen molar-refractivity contribution in [2.45, 2.75) is 322 Å². The number of allylic oxidation sites excluding steroid dienone is 18. The fourth-order valence-electron chi connectivity index (χ4n) is 9.29. The Hall–Kier alpha value is -3.93. The Bertz CT molecular complexity index is 1590. The topological polar surface area (TPSA) is 78.9 Å². The van der Waals surface area contributed by atoms with E-state index in [1.54, 1.807) is 0 Å². The number of ether oxygens (including phenoxy) is 3. The highest BCUT2D eigenvalue weighted by molar-refractivity contribution is 5.71. The van der Waals surface area contributed by atoms with E-state index >= 15 is 0 Å². The van der Waals surface area contributed by atoms with E-state index in [2.05, 4.69) is 130 Å². The van der Waals surface area contributed by atoms with E-state index in [1.165, 1.54) is 154 Å². The lowest BCUT2D eigenvalue weighted by Gasteiger charge is -2.18. The van der Waals surface area contributed by atoms with Crippen LogP contribution in [0.2, 0.25) is 0 Å². The highest BCUT2D eigenvalue weighted by atomic mass is 16.6. The van der Waals surface area contributed by atoms with Crippen molar-refractivity contribution in [2.24, 2.45) is 0 Å². The molecule has 452 valence electrons. The number of hydrogen-bond acceptors (Lipinski definition) is 6. The fraction of sp³-hybridized carbons (Fsp3) is 0.712. The summed E-state index contributed by atoms with van der Waals surface area (Å²) in [7, 11) is 0. The van der Waals surface area contributed by atoms with Crippen LogP contribution in [0.15, 0.2) is 109 Å². The van der Waals surface area contributed by atoms with Crippen molar-refractivity contribution < 1.29 is 28.6 Å². The maximum atomic E-state index is 12.9. The van der Waals surface area contributed by atoms with Crippen LogP contribution in [-0.4, -0.2) is 37.2 Å². The second-order valence-corrected chi connectivity index (χ2v) is 22.0. The molecule has 0 aromatic heterocycles. The minimum absolute atomic E-state index is 0.102. The number of rotatable bonds is 60. The molecule has 0 radical (unpaired) electrons. The van der Waals surface area contributed by atoms with Gasteiger partial charge in [-0.15, -0.1) is 0 Å². The first kappa shape index (κ1) is 75.1. The molecule has 0 heterocycles. The molecule has 0 aromatic rings. The van der Waals surface area contributed by atoms with Crippen LogP contribution >= 0.6 is 0 Å². The summed E-state index contributed by atoms with van der Waals surface area (Å²) in [4.78, 5) is 38.4. The predicted molar refractivity (Wildman–Crippen MR) is 343 cm³/mol. The zero-order valence-corrected chi connectivity index (χ0v) is 51.9. The average molecular weight is 1100 g/mol. The van der Waals surface area contributed by atoms with Crippen LogP contribution in [0, 0.1) is 0 Å². The molecule has 0 fully saturated rings. The van der Waals surface area contributed by atoms with Crippen molar-refractivity contribution in [2.75, 3.05) is 13.2 Å². The molecule has 6 heteroatoms. The molecule has 0 amide bonds. The Morgan fingerprint density at radius 1 is 0.266 bits per heavy atom. The van der Waals surface area contributed by atoms with Gasteiger partial charge in [-0.1, -0.05) is 304 Å². The van der Waals surface area contributed by atoms with Gasteiger partial charge >= 0.3 is 17.9 Å². The van der Waals surface area contributed by atoms with E-state index in [0.717, 1.165) is 116 Å². The molecule has 0 aliphatic heterocycles. The average Bonchev–Trinajstić information content (AvgIpc) is 3.45.